The molecular formula is C22H16O3S. The summed E-state index contributed by atoms with van der Waals surface area (Å²) >= 11 is 0. The van der Waals surface area contributed by atoms with Crippen molar-refractivity contribution in [1.29, 1.82) is 0 Å². The van der Waals surface area contributed by atoms with Gasteiger partial charge in [-0.2, -0.15) is 8.42 Å². The molecular weight excluding hydrogens is 344 g/mol. The second-order valence-corrected chi connectivity index (χ2v) is 8.12. The van der Waals surface area contributed by atoms with Gasteiger partial charge < -0.3 is 4.18 Å². The number of hydrogen-bond acceptors (Lipinski definition) is 3. The van der Waals surface area contributed by atoms with Crippen LogP contribution < -0.4 is 4.18 Å². The first kappa shape index (κ1) is 15.4. The van der Waals surface area contributed by atoms with Crippen LogP contribution in [0.1, 0.15) is 11.1 Å². The molecule has 0 saturated heterocycles. The summed E-state index contributed by atoms with van der Waals surface area (Å²) in [5.74, 6) is 0.326. The summed E-state index contributed by atoms with van der Waals surface area (Å²) in [4.78, 5) is 0.230. The van der Waals surface area contributed by atoms with E-state index < -0.39 is 10.1 Å². The molecule has 26 heavy (non-hydrogen) atoms. The summed E-state index contributed by atoms with van der Waals surface area (Å²) in [6.07, 6.45) is 1.92. The molecule has 0 atom stereocenters. The van der Waals surface area contributed by atoms with Crippen molar-refractivity contribution in [2.75, 3.05) is 0 Å². The van der Waals surface area contributed by atoms with Gasteiger partial charge in [-0.3, -0.25) is 0 Å². The van der Waals surface area contributed by atoms with Crippen LogP contribution in [0.2, 0.25) is 0 Å². The maximum atomic E-state index is 13.0. The van der Waals surface area contributed by atoms with Crippen LogP contribution in [-0.2, 0) is 23.0 Å². The molecule has 1 aliphatic carbocycles. The topological polar surface area (TPSA) is 43.4 Å². The third-order valence-corrected chi connectivity index (χ3v) is 6.34. The predicted molar refractivity (Wildman–Crippen MR) is 103 cm³/mol. The standard InChI is InChI=1S/C22H16O3S/c23-26(24,25-19-12-10-15-4-1-2-5-18(15)14-19)21-13-11-17-9-8-16-6-3-7-20(21)22(16)17/h1-7,10-14H,8-9H2. The lowest BCUT2D eigenvalue weighted by atomic mass is 10.1. The molecule has 0 fully saturated rings. The molecule has 4 aromatic rings. The third kappa shape index (κ3) is 2.37. The molecule has 0 saturated carbocycles. The molecule has 0 aromatic heterocycles. The maximum Gasteiger partial charge on any atom is 0.339 e. The highest BCUT2D eigenvalue weighted by Crippen LogP contribution is 2.35. The van der Waals surface area contributed by atoms with Crippen molar-refractivity contribution in [3.05, 3.63) is 83.9 Å². The van der Waals surface area contributed by atoms with E-state index in [9.17, 15) is 8.42 Å². The highest BCUT2D eigenvalue weighted by Gasteiger charge is 2.24. The normalized spacial score (nSPS) is 13.4. The van der Waals surface area contributed by atoms with E-state index in [4.69, 9.17) is 4.18 Å². The SMILES string of the molecule is O=S(=O)(Oc1ccc2ccccc2c1)c1ccc2c3c(cccc13)CC2. The van der Waals surface area contributed by atoms with Crippen LogP contribution in [0.5, 0.6) is 5.75 Å². The van der Waals surface area contributed by atoms with E-state index in [2.05, 4.69) is 6.07 Å². The first-order valence-corrected chi connectivity index (χ1v) is 9.99. The Morgan fingerprint density at radius 3 is 2.35 bits per heavy atom. The molecule has 128 valence electrons. The Bertz CT molecular complexity index is 1260. The molecule has 4 aromatic carbocycles. The molecule has 0 spiro atoms. The molecule has 0 N–H and O–H groups in total. The van der Waals surface area contributed by atoms with Gasteiger partial charge in [0, 0.05) is 5.39 Å². The van der Waals surface area contributed by atoms with Crippen molar-refractivity contribution in [3.63, 3.8) is 0 Å². The highest BCUT2D eigenvalue weighted by atomic mass is 32.2. The fraction of sp³-hybridized carbons (Fsp3) is 0.0909. The minimum atomic E-state index is -3.91. The lowest BCUT2D eigenvalue weighted by Crippen LogP contribution is -2.10. The number of hydrogen-bond donors (Lipinski definition) is 0. The third-order valence-electron chi connectivity index (χ3n) is 5.03. The van der Waals surface area contributed by atoms with E-state index >= 15 is 0 Å². The molecule has 4 heteroatoms. The van der Waals surface area contributed by atoms with Gasteiger partial charge in [0.25, 0.3) is 0 Å². The van der Waals surface area contributed by atoms with Gasteiger partial charge in [0.05, 0.1) is 0 Å². The average Bonchev–Trinajstić information content (AvgIpc) is 3.07. The molecule has 0 amide bonds. The summed E-state index contributed by atoms with van der Waals surface area (Å²) in [7, 11) is -3.91. The largest absolute Gasteiger partial charge is 0.379 e. The second-order valence-electron chi connectivity index (χ2n) is 6.61. The number of aryl methyl sites for hydroxylation is 2. The van der Waals surface area contributed by atoms with E-state index in [1.54, 1.807) is 18.2 Å². The predicted octanol–water partition coefficient (Wildman–Crippen LogP) is 4.86. The van der Waals surface area contributed by atoms with Crippen LogP contribution in [0.4, 0.5) is 0 Å². The van der Waals surface area contributed by atoms with Gasteiger partial charge in [-0.25, -0.2) is 0 Å². The zero-order chi connectivity index (χ0) is 17.7. The Morgan fingerprint density at radius 2 is 1.50 bits per heavy atom. The smallest absolute Gasteiger partial charge is 0.339 e. The number of fused-ring (bicyclic) bond motifs is 1. The van der Waals surface area contributed by atoms with Crippen LogP contribution in [0, 0.1) is 0 Å². The summed E-state index contributed by atoms with van der Waals surface area (Å²) in [5, 5.41) is 3.80. The fourth-order valence-corrected chi connectivity index (χ4v) is 4.95. The van der Waals surface area contributed by atoms with Gasteiger partial charge in [0.2, 0.25) is 0 Å². The van der Waals surface area contributed by atoms with E-state index in [1.165, 1.54) is 11.1 Å². The van der Waals surface area contributed by atoms with E-state index in [0.717, 1.165) is 34.4 Å². The van der Waals surface area contributed by atoms with Crippen molar-refractivity contribution in [3.8, 4) is 5.75 Å². The van der Waals surface area contributed by atoms with E-state index in [1.807, 2.05) is 48.5 Å². The zero-order valence-electron chi connectivity index (χ0n) is 14.0. The lowest BCUT2D eigenvalue weighted by molar-refractivity contribution is 0.487. The van der Waals surface area contributed by atoms with Gasteiger partial charge >= 0.3 is 10.1 Å². The van der Waals surface area contributed by atoms with Gasteiger partial charge in [0.15, 0.2) is 0 Å². The van der Waals surface area contributed by atoms with Gasteiger partial charge in [-0.1, -0.05) is 54.6 Å². The summed E-state index contributed by atoms with van der Waals surface area (Å²) < 4.78 is 31.4. The van der Waals surface area contributed by atoms with Gasteiger partial charge in [0.1, 0.15) is 10.6 Å². The molecule has 0 bridgehead atoms. The Kier molecular flexibility index (Phi) is 3.31. The molecule has 1 aliphatic rings. The monoisotopic (exact) mass is 360 g/mol. The Labute approximate surface area is 152 Å². The second kappa shape index (κ2) is 5.58. The van der Waals surface area contributed by atoms with Crippen LogP contribution in [0.25, 0.3) is 21.5 Å². The Hall–Kier alpha value is -2.85. The first-order chi connectivity index (χ1) is 12.6. The molecule has 0 unspecified atom stereocenters. The van der Waals surface area contributed by atoms with Crippen molar-refractivity contribution in [2.24, 2.45) is 0 Å². The summed E-state index contributed by atoms with van der Waals surface area (Å²) in [5.41, 5.74) is 2.42. The molecule has 0 heterocycles. The molecule has 3 nitrogen and oxygen atoms in total. The zero-order valence-corrected chi connectivity index (χ0v) is 14.8. The van der Waals surface area contributed by atoms with E-state index in [0.29, 0.717) is 5.75 Å². The molecule has 5 rings (SSSR count). The van der Waals surface area contributed by atoms with Crippen LogP contribution in [0.15, 0.2) is 77.7 Å². The number of benzene rings is 4. The van der Waals surface area contributed by atoms with Crippen molar-refractivity contribution < 1.29 is 12.6 Å². The first-order valence-electron chi connectivity index (χ1n) is 8.59. The quantitative estimate of drug-likeness (QED) is 0.490. The van der Waals surface area contributed by atoms with Crippen molar-refractivity contribution in [2.45, 2.75) is 17.7 Å². The van der Waals surface area contributed by atoms with Crippen LogP contribution in [0.3, 0.4) is 0 Å². The molecule has 0 radical (unpaired) electrons. The minimum absolute atomic E-state index is 0.230. The Balaban J connectivity index is 1.62. The fourth-order valence-electron chi connectivity index (χ4n) is 3.83. The summed E-state index contributed by atoms with van der Waals surface area (Å²) in [6, 6.07) is 22.5. The van der Waals surface area contributed by atoms with Gasteiger partial charge in [-0.15, -0.1) is 0 Å². The van der Waals surface area contributed by atoms with Gasteiger partial charge in [-0.05, 0) is 58.3 Å². The molecule has 0 aliphatic heterocycles. The van der Waals surface area contributed by atoms with Crippen LogP contribution in [-0.4, -0.2) is 8.42 Å². The van der Waals surface area contributed by atoms with Crippen molar-refractivity contribution in [1.82, 2.24) is 0 Å². The number of rotatable bonds is 3. The van der Waals surface area contributed by atoms with E-state index in [-0.39, 0.29) is 4.90 Å². The van der Waals surface area contributed by atoms with Crippen LogP contribution >= 0.6 is 0 Å². The average molecular weight is 360 g/mol. The Morgan fingerprint density at radius 1 is 0.731 bits per heavy atom. The maximum absolute atomic E-state index is 13.0. The van der Waals surface area contributed by atoms with Crippen molar-refractivity contribution >= 4 is 31.7 Å². The lowest BCUT2D eigenvalue weighted by Gasteiger charge is -2.11. The highest BCUT2D eigenvalue weighted by molar-refractivity contribution is 7.87. The minimum Gasteiger partial charge on any atom is -0.379 e. The summed E-state index contributed by atoms with van der Waals surface area (Å²) in [6.45, 7) is 0.